The van der Waals surface area contributed by atoms with Crippen LogP contribution in [0.2, 0.25) is 0 Å². The van der Waals surface area contributed by atoms with Gasteiger partial charge in [0.15, 0.2) is 17.4 Å². The van der Waals surface area contributed by atoms with E-state index in [4.69, 9.17) is 0 Å². The van der Waals surface area contributed by atoms with Crippen LogP contribution in [0.5, 0.6) is 0 Å². The minimum atomic E-state index is 0.565. The van der Waals surface area contributed by atoms with E-state index in [1.165, 1.54) is 9.75 Å². The molecule has 0 unspecified atom stereocenters. The summed E-state index contributed by atoms with van der Waals surface area (Å²) in [6.45, 7) is 3.51. The highest BCUT2D eigenvalue weighted by Gasteiger charge is 2.06. The van der Waals surface area contributed by atoms with Gasteiger partial charge in [0, 0.05) is 23.0 Å². The number of fused-ring (bicyclic) bond motifs is 1. The normalized spacial score (nSPS) is 11.8. The number of guanidine groups is 1. The van der Waals surface area contributed by atoms with Gasteiger partial charge < -0.3 is 10.6 Å². The van der Waals surface area contributed by atoms with Gasteiger partial charge in [0.2, 0.25) is 0 Å². The van der Waals surface area contributed by atoms with Gasteiger partial charge in [-0.25, -0.2) is 0 Å². The van der Waals surface area contributed by atoms with Gasteiger partial charge in [-0.3, -0.25) is 9.39 Å². The lowest BCUT2D eigenvalue weighted by Gasteiger charge is -2.10. The zero-order valence-electron chi connectivity index (χ0n) is 13.3. The Hall–Kier alpha value is -2.41. The number of pyridine rings is 1. The minimum absolute atomic E-state index is 0.565. The Balaban J connectivity index is 1.57. The van der Waals surface area contributed by atoms with Gasteiger partial charge in [0.1, 0.15) is 0 Å². The van der Waals surface area contributed by atoms with E-state index in [9.17, 15) is 0 Å². The Labute approximate surface area is 139 Å². The average molecular weight is 328 g/mol. The van der Waals surface area contributed by atoms with E-state index in [1.54, 1.807) is 7.05 Å². The van der Waals surface area contributed by atoms with Crippen LogP contribution < -0.4 is 10.6 Å². The molecule has 3 aromatic heterocycles. The number of hydrogen-bond acceptors (Lipinski definition) is 4. The molecule has 3 aromatic rings. The summed E-state index contributed by atoms with van der Waals surface area (Å²) in [5, 5.41) is 14.9. The quantitative estimate of drug-likeness (QED) is 0.557. The van der Waals surface area contributed by atoms with Gasteiger partial charge in [-0.15, -0.1) is 21.5 Å². The highest BCUT2D eigenvalue weighted by atomic mass is 32.1. The smallest absolute Gasteiger partial charge is 0.191 e. The van der Waals surface area contributed by atoms with Gasteiger partial charge in [-0.1, -0.05) is 13.0 Å². The SMILES string of the molecule is CCc1ccc(CNC(=NC)NCc2nnc3ccccn23)s1. The van der Waals surface area contributed by atoms with Crippen LogP contribution in [0.1, 0.15) is 22.5 Å². The molecule has 0 aliphatic rings. The zero-order chi connectivity index (χ0) is 16.1. The summed E-state index contributed by atoms with van der Waals surface area (Å²) in [4.78, 5) is 6.96. The number of aliphatic imine (C=N–C) groups is 1. The molecule has 120 valence electrons. The molecule has 0 atom stereocenters. The lowest BCUT2D eigenvalue weighted by atomic mass is 10.4. The molecule has 3 heterocycles. The van der Waals surface area contributed by atoms with Gasteiger partial charge >= 0.3 is 0 Å². The van der Waals surface area contributed by atoms with Gasteiger partial charge in [-0.2, -0.15) is 0 Å². The first-order chi connectivity index (χ1) is 11.3. The monoisotopic (exact) mass is 328 g/mol. The molecular weight excluding hydrogens is 308 g/mol. The molecule has 0 spiro atoms. The summed E-state index contributed by atoms with van der Waals surface area (Å²) < 4.78 is 1.97. The zero-order valence-corrected chi connectivity index (χ0v) is 14.1. The highest BCUT2D eigenvalue weighted by molar-refractivity contribution is 7.11. The summed E-state index contributed by atoms with van der Waals surface area (Å²) in [5.41, 5.74) is 0.845. The fourth-order valence-electron chi connectivity index (χ4n) is 2.27. The number of aromatic nitrogens is 3. The van der Waals surface area contributed by atoms with Crippen molar-refractivity contribution < 1.29 is 0 Å². The lowest BCUT2D eigenvalue weighted by molar-refractivity contribution is 0.765. The molecule has 0 amide bonds. The van der Waals surface area contributed by atoms with E-state index in [1.807, 2.05) is 40.1 Å². The molecule has 0 bridgehead atoms. The Morgan fingerprint density at radius 3 is 2.74 bits per heavy atom. The summed E-state index contributed by atoms with van der Waals surface area (Å²) in [6.07, 6.45) is 3.04. The van der Waals surface area contributed by atoms with Crippen LogP contribution in [-0.2, 0) is 19.5 Å². The standard InChI is InChI=1S/C16H20N6S/c1-3-12-7-8-13(23-12)10-18-16(17-2)19-11-15-21-20-14-6-4-5-9-22(14)15/h4-9H,3,10-11H2,1-2H3,(H2,17,18,19). The summed E-state index contributed by atoms with van der Waals surface area (Å²) >= 11 is 1.83. The number of thiophene rings is 1. The van der Waals surface area contributed by atoms with Crippen molar-refractivity contribution in [3.63, 3.8) is 0 Å². The average Bonchev–Trinajstić information content (AvgIpc) is 3.22. The van der Waals surface area contributed by atoms with Crippen LogP contribution >= 0.6 is 11.3 Å². The van der Waals surface area contributed by atoms with Crippen molar-refractivity contribution in [3.8, 4) is 0 Å². The summed E-state index contributed by atoms with van der Waals surface area (Å²) in [7, 11) is 1.77. The van der Waals surface area contributed by atoms with Crippen LogP contribution in [0.3, 0.4) is 0 Å². The van der Waals surface area contributed by atoms with Crippen molar-refractivity contribution in [2.75, 3.05) is 7.05 Å². The maximum atomic E-state index is 4.25. The number of rotatable bonds is 5. The van der Waals surface area contributed by atoms with Crippen LogP contribution in [0, 0.1) is 0 Å². The Bertz CT molecular complexity index is 804. The number of nitrogens with zero attached hydrogens (tertiary/aromatic N) is 4. The molecule has 7 heteroatoms. The van der Waals surface area contributed by atoms with Crippen LogP contribution in [-0.4, -0.2) is 27.6 Å². The molecule has 0 aliphatic carbocycles. The van der Waals surface area contributed by atoms with E-state index in [0.29, 0.717) is 6.54 Å². The van der Waals surface area contributed by atoms with E-state index >= 15 is 0 Å². The van der Waals surface area contributed by atoms with E-state index in [0.717, 1.165) is 30.4 Å². The first-order valence-electron chi connectivity index (χ1n) is 7.61. The summed E-state index contributed by atoms with van der Waals surface area (Å²) in [6, 6.07) is 10.2. The van der Waals surface area contributed by atoms with Crippen molar-refractivity contribution in [2.24, 2.45) is 4.99 Å². The van der Waals surface area contributed by atoms with E-state index in [2.05, 4.69) is 44.9 Å². The molecule has 2 N–H and O–H groups in total. The van der Waals surface area contributed by atoms with Gasteiger partial charge in [0.25, 0.3) is 0 Å². The van der Waals surface area contributed by atoms with Crippen LogP contribution in [0.15, 0.2) is 41.5 Å². The van der Waals surface area contributed by atoms with Gasteiger partial charge in [-0.05, 0) is 30.7 Å². The molecule has 0 saturated carbocycles. The number of hydrogen-bond donors (Lipinski definition) is 2. The summed E-state index contributed by atoms with van der Waals surface area (Å²) in [5.74, 6) is 1.61. The third-order valence-corrected chi connectivity index (χ3v) is 4.75. The lowest BCUT2D eigenvalue weighted by Crippen LogP contribution is -2.36. The minimum Gasteiger partial charge on any atom is -0.352 e. The van der Waals surface area contributed by atoms with Crippen LogP contribution in [0.4, 0.5) is 0 Å². The third kappa shape index (κ3) is 3.68. The first-order valence-corrected chi connectivity index (χ1v) is 8.42. The second kappa shape index (κ2) is 7.23. The molecule has 0 fully saturated rings. The molecule has 0 aromatic carbocycles. The number of nitrogens with one attached hydrogen (secondary N) is 2. The third-order valence-electron chi connectivity index (χ3n) is 3.52. The van der Waals surface area contributed by atoms with Crippen molar-refractivity contribution in [2.45, 2.75) is 26.4 Å². The Kier molecular flexibility index (Phi) is 4.87. The molecule has 23 heavy (non-hydrogen) atoms. The predicted octanol–water partition coefficient (Wildman–Crippen LogP) is 2.22. The molecule has 0 aliphatic heterocycles. The fraction of sp³-hybridized carbons (Fsp3) is 0.312. The molecular formula is C16H20N6S. The van der Waals surface area contributed by atoms with Crippen LogP contribution in [0.25, 0.3) is 5.65 Å². The Morgan fingerprint density at radius 2 is 1.96 bits per heavy atom. The second-order valence-electron chi connectivity index (χ2n) is 5.05. The maximum absolute atomic E-state index is 4.25. The van der Waals surface area contributed by atoms with E-state index in [-0.39, 0.29) is 0 Å². The van der Waals surface area contributed by atoms with E-state index < -0.39 is 0 Å². The molecule has 0 saturated heterocycles. The topological polar surface area (TPSA) is 66.6 Å². The fourth-order valence-corrected chi connectivity index (χ4v) is 3.17. The van der Waals surface area contributed by atoms with Gasteiger partial charge in [0.05, 0.1) is 13.1 Å². The van der Waals surface area contributed by atoms with Crippen molar-refractivity contribution >= 4 is 22.9 Å². The second-order valence-corrected chi connectivity index (χ2v) is 6.30. The van der Waals surface area contributed by atoms with Crippen molar-refractivity contribution in [1.29, 1.82) is 0 Å². The molecule has 3 rings (SSSR count). The Morgan fingerprint density at radius 1 is 1.13 bits per heavy atom. The largest absolute Gasteiger partial charge is 0.352 e. The molecule has 6 nitrogen and oxygen atoms in total. The predicted molar refractivity (Wildman–Crippen MR) is 93.7 cm³/mol. The highest BCUT2D eigenvalue weighted by Crippen LogP contribution is 2.16. The first kappa shape index (κ1) is 15.5. The maximum Gasteiger partial charge on any atom is 0.191 e. The molecule has 0 radical (unpaired) electrons. The van der Waals surface area contributed by atoms with Crippen molar-refractivity contribution in [1.82, 2.24) is 25.2 Å². The van der Waals surface area contributed by atoms with Crippen molar-refractivity contribution in [3.05, 3.63) is 52.1 Å². The number of aryl methyl sites for hydroxylation is 1.